The molecule has 0 N–H and O–H groups in total. The van der Waals surface area contributed by atoms with E-state index in [0.29, 0.717) is 32.9 Å². The zero-order chi connectivity index (χ0) is 27.2. The van der Waals surface area contributed by atoms with Gasteiger partial charge >= 0.3 is 6.18 Å². The second kappa shape index (κ2) is 12.4. The Kier molecular flexibility index (Phi) is 9.76. The van der Waals surface area contributed by atoms with Crippen molar-refractivity contribution in [1.29, 1.82) is 0 Å². The van der Waals surface area contributed by atoms with Gasteiger partial charge in [0.1, 0.15) is 11.9 Å². The first-order valence-electron chi connectivity index (χ1n) is 10.1. The fourth-order valence-corrected chi connectivity index (χ4v) is 4.93. The molecule has 0 spiro atoms. The average Bonchev–Trinajstić information content (AvgIpc) is 2.82. The largest absolute Gasteiger partial charge is 0.417 e. The molecule has 0 aliphatic rings. The van der Waals surface area contributed by atoms with Crippen LogP contribution in [-0.4, -0.2) is 31.4 Å². The average molecular weight is 614 g/mol. The molecule has 15 heteroatoms. The van der Waals surface area contributed by atoms with Gasteiger partial charge in [0, 0.05) is 26.8 Å². The third kappa shape index (κ3) is 7.78. The fourth-order valence-electron chi connectivity index (χ4n) is 2.75. The van der Waals surface area contributed by atoms with Gasteiger partial charge in [-0.25, -0.2) is 13.4 Å². The van der Waals surface area contributed by atoms with E-state index in [0.717, 1.165) is 6.21 Å². The van der Waals surface area contributed by atoms with Crippen molar-refractivity contribution in [3.05, 3.63) is 85.9 Å². The molecule has 37 heavy (non-hydrogen) atoms. The molecule has 0 amide bonds. The number of azo groups is 1. The van der Waals surface area contributed by atoms with Crippen LogP contribution in [-0.2, 0) is 27.5 Å². The molecular weight excluding hydrogens is 599 g/mol. The van der Waals surface area contributed by atoms with Crippen LogP contribution >= 0.6 is 46.4 Å². The molecule has 1 aromatic heterocycles. The van der Waals surface area contributed by atoms with Crippen LogP contribution in [0.3, 0.4) is 0 Å². The van der Waals surface area contributed by atoms with Crippen LogP contribution in [0.1, 0.15) is 11.1 Å². The number of benzene rings is 2. The Bertz CT molecular complexity index is 1400. The molecule has 3 aromatic rings. The molecule has 2 aromatic carbocycles. The number of pyridine rings is 1. The van der Waals surface area contributed by atoms with Gasteiger partial charge in [-0.3, -0.25) is 0 Å². The van der Waals surface area contributed by atoms with Gasteiger partial charge in [-0.15, -0.1) is 5.11 Å². The quantitative estimate of drug-likeness (QED) is 0.140. The van der Waals surface area contributed by atoms with E-state index in [1.54, 1.807) is 18.2 Å². The lowest BCUT2D eigenvalue weighted by atomic mass is 10.2. The van der Waals surface area contributed by atoms with Gasteiger partial charge in [0.25, 0.3) is 0 Å². The highest BCUT2D eigenvalue weighted by Crippen LogP contribution is 2.33. The summed E-state index contributed by atoms with van der Waals surface area (Å²) in [6.45, 7) is -0.626. The minimum atomic E-state index is -4.64. The highest BCUT2D eigenvalue weighted by Gasteiger charge is 2.32. The zero-order valence-corrected chi connectivity index (χ0v) is 22.2. The summed E-state index contributed by atoms with van der Waals surface area (Å²) in [6.07, 6.45) is -3.11. The lowest BCUT2D eigenvalue weighted by Crippen LogP contribution is -2.26. The van der Waals surface area contributed by atoms with Crippen molar-refractivity contribution >= 4 is 68.3 Å². The van der Waals surface area contributed by atoms with E-state index in [2.05, 4.69) is 20.4 Å². The fraction of sp³-hybridized carbons (Fsp3) is 0.182. The Morgan fingerprint density at radius 3 is 2.24 bits per heavy atom. The number of sulfone groups is 1. The summed E-state index contributed by atoms with van der Waals surface area (Å²) >= 11 is 23.8. The van der Waals surface area contributed by atoms with E-state index < -0.39 is 38.4 Å². The Hall–Kier alpha value is -2.44. The van der Waals surface area contributed by atoms with Crippen LogP contribution in [0.4, 0.5) is 19.0 Å². The molecule has 7 nitrogen and oxygen atoms in total. The van der Waals surface area contributed by atoms with E-state index in [4.69, 9.17) is 51.2 Å². The van der Waals surface area contributed by atoms with Crippen LogP contribution in [0, 0.1) is 0 Å². The topological polar surface area (TPSA) is 93.3 Å². The number of rotatable bonds is 9. The van der Waals surface area contributed by atoms with Gasteiger partial charge in [-0.1, -0.05) is 57.6 Å². The number of alkyl halides is 3. The summed E-state index contributed by atoms with van der Waals surface area (Å²) in [4.78, 5) is 8.65. The smallest absolute Gasteiger partial charge is 0.391 e. The van der Waals surface area contributed by atoms with Crippen molar-refractivity contribution in [3.8, 4) is 0 Å². The predicted molar refractivity (Wildman–Crippen MR) is 136 cm³/mol. The standard InChI is InChI=1S/C22H15Cl4F3N4O3S/c23-14-4-6-15(7-5-14)37(34,35)16(11-32-36-12-17-18(24)2-1-3-19(17)25)10-31-33-21-20(26)8-13(9-30-21)22(27,28)29/h1-9,11,16H,10,12H2. The maximum atomic E-state index is 13.2. The van der Waals surface area contributed by atoms with Crippen LogP contribution in [0.15, 0.2) is 75.0 Å². The highest BCUT2D eigenvalue weighted by atomic mass is 35.5. The summed E-state index contributed by atoms with van der Waals surface area (Å²) in [5, 5.41) is 10.4. The lowest BCUT2D eigenvalue weighted by molar-refractivity contribution is -0.137. The van der Waals surface area contributed by atoms with E-state index in [1.807, 2.05) is 0 Å². The van der Waals surface area contributed by atoms with Crippen molar-refractivity contribution in [2.24, 2.45) is 15.4 Å². The van der Waals surface area contributed by atoms with Gasteiger partial charge in [-0.2, -0.15) is 18.3 Å². The maximum Gasteiger partial charge on any atom is 0.417 e. The molecule has 0 aliphatic carbocycles. The Morgan fingerprint density at radius 2 is 1.65 bits per heavy atom. The van der Waals surface area contributed by atoms with Crippen LogP contribution in [0.5, 0.6) is 0 Å². The first kappa shape index (κ1) is 29.1. The third-order valence-corrected chi connectivity index (χ3v) is 7.92. The number of hydrogen-bond donors (Lipinski definition) is 0. The van der Waals surface area contributed by atoms with Crippen molar-refractivity contribution in [2.75, 3.05) is 6.54 Å². The van der Waals surface area contributed by atoms with E-state index >= 15 is 0 Å². The number of oxime groups is 1. The van der Waals surface area contributed by atoms with E-state index in [9.17, 15) is 21.6 Å². The molecular formula is C22H15Cl4F3N4O3S. The summed E-state index contributed by atoms with van der Waals surface area (Å²) in [7, 11) is -4.07. The molecule has 0 fully saturated rings. The van der Waals surface area contributed by atoms with E-state index in [1.165, 1.54) is 24.3 Å². The summed E-state index contributed by atoms with van der Waals surface area (Å²) < 4.78 is 64.8. The molecule has 1 unspecified atom stereocenters. The normalized spacial score (nSPS) is 13.4. The number of halogens is 7. The van der Waals surface area contributed by atoms with Gasteiger partial charge in [0.2, 0.25) is 0 Å². The molecule has 0 bridgehead atoms. The summed E-state index contributed by atoms with van der Waals surface area (Å²) in [6, 6.07) is 10.9. The minimum Gasteiger partial charge on any atom is -0.391 e. The van der Waals surface area contributed by atoms with Crippen molar-refractivity contribution in [2.45, 2.75) is 22.9 Å². The zero-order valence-electron chi connectivity index (χ0n) is 18.3. The van der Waals surface area contributed by atoms with Crippen molar-refractivity contribution in [1.82, 2.24) is 4.98 Å². The van der Waals surface area contributed by atoms with Crippen LogP contribution in [0.2, 0.25) is 20.1 Å². The molecule has 0 aliphatic heterocycles. The minimum absolute atomic E-state index is 0.0802. The molecule has 0 saturated heterocycles. The lowest BCUT2D eigenvalue weighted by Gasteiger charge is -2.11. The first-order valence-corrected chi connectivity index (χ1v) is 13.1. The Balaban J connectivity index is 1.82. The van der Waals surface area contributed by atoms with Gasteiger partial charge in [0.15, 0.2) is 15.7 Å². The second-order valence-electron chi connectivity index (χ2n) is 7.22. The molecule has 0 saturated carbocycles. The monoisotopic (exact) mass is 612 g/mol. The number of hydrogen-bond acceptors (Lipinski definition) is 7. The van der Waals surface area contributed by atoms with Crippen molar-refractivity contribution < 1.29 is 26.4 Å². The molecule has 1 atom stereocenters. The summed E-state index contributed by atoms with van der Waals surface area (Å²) in [5.41, 5.74) is -0.620. The number of nitrogens with zero attached hydrogens (tertiary/aromatic N) is 4. The predicted octanol–water partition coefficient (Wildman–Crippen LogP) is 7.84. The van der Waals surface area contributed by atoms with Gasteiger partial charge in [0.05, 0.1) is 28.2 Å². The molecule has 1 heterocycles. The highest BCUT2D eigenvalue weighted by molar-refractivity contribution is 7.92. The molecule has 0 radical (unpaired) electrons. The van der Waals surface area contributed by atoms with Gasteiger partial charge in [-0.05, 0) is 42.5 Å². The second-order valence-corrected chi connectivity index (χ2v) is 11.0. The van der Waals surface area contributed by atoms with Crippen LogP contribution in [0.25, 0.3) is 0 Å². The number of aromatic nitrogens is 1. The molecule has 196 valence electrons. The third-order valence-electron chi connectivity index (χ3n) is 4.69. The Labute approximate surface area is 229 Å². The Morgan fingerprint density at radius 1 is 1.00 bits per heavy atom. The first-order chi connectivity index (χ1) is 17.4. The van der Waals surface area contributed by atoms with Crippen LogP contribution < -0.4 is 0 Å². The summed E-state index contributed by atoms with van der Waals surface area (Å²) in [5.74, 6) is -0.321. The van der Waals surface area contributed by atoms with E-state index in [-0.39, 0.29) is 17.3 Å². The molecule has 3 rings (SSSR count). The maximum absolute atomic E-state index is 13.2. The van der Waals surface area contributed by atoms with Gasteiger partial charge < -0.3 is 4.84 Å². The SMILES string of the molecule is O=S(=O)(c1ccc(Cl)cc1)C(C=NOCc1c(Cl)cccc1Cl)CN=Nc1ncc(C(F)(F)F)cc1Cl. The van der Waals surface area contributed by atoms with Crippen molar-refractivity contribution in [3.63, 3.8) is 0 Å².